The third-order valence-corrected chi connectivity index (χ3v) is 2.67. The van der Waals surface area contributed by atoms with Gasteiger partial charge < -0.3 is 9.64 Å². The minimum absolute atomic E-state index is 0.0954. The van der Waals surface area contributed by atoms with E-state index < -0.39 is 4.92 Å². The number of ether oxygens (including phenoxy) is 1. The third kappa shape index (κ3) is 2.77. The summed E-state index contributed by atoms with van der Waals surface area (Å²) in [6.07, 6.45) is 0. The van der Waals surface area contributed by atoms with Crippen molar-refractivity contribution in [2.24, 2.45) is 0 Å². The molecule has 0 aliphatic rings. The smallest absolute Gasteiger partial charge is 0.310 e. The van der Waals surface area contributed by atoms with Gasteiger partial charge in [-0.2, -0.15) is 0 Å². The van der Waals surface area contributed by atoms with Crippen LogP contribution in [-0.2, 0) is 0 Å². The fraction of sp³-hybridized carbons (Fsp3) is 0.417. The quantitative estimate of drug-likeness (QED) is 0.594. The highest BCUT2D eigenvalue weighted by atomic mass is 16.6. The zero-order valence-corrected chi connectivity index (χ0v) is 10.7. The molecule has 0 aliphatic carbocycles. The van der Waals surface area contributed by atoms with Crippen molar-refractivity contribution in [3.8, 4) is 5.75 Å². The monoisotopic (exact) mass is 252 g/mol. The van der Waals surface area contributed by atoms with Gasteiger partial charge >= 0.3 is 5.69 Å². The highest BCUT2D eigenvalue weighted by molar-refractivity contribution is 5.95. The van der Waals surface area contributed by atoms with Gasteiger partial charge in [0.2, 0.25) is 0 Å². The minimum Gasteiger partial charge on any atom is -0.490 e. The molecule has 0 spiro atoms. The molecule has 0 unspecified atom stereocenters. The van der Waals surface area contributed by atoms with Crippen molar-refractivity contribution in [1.82, 2.24) is 4.90 Å². The molecule has 6 heteroatoms. The Bertz CT molecular complexity index is 455. The predicted octanol–water partition coefficient (Wildman–Crippen LogP) is 2.09. The molecule has 0 fully saturated rings. The molecule has 0 atom stereocenters. The first kappa shape index (κ1) is 14.0. The summed E-state index contributed by atoms with van der Waals surface area (Å²) in [5, 5.41) is 10.7. The normalized spacial score (nSPS) is 9.94. The van der Waals surface area contributed by atoms with Gasteiger partial charge in [-0.25, -0.2) is 0 Å². The summed E-state index contributed by atoms with van der Waals surface area (Å²) >= 11 is 0. The van der Waals surface area contributed by atoms with E-state index in [1.165, 1.54) is 25.3 Å². The van der Waals surface area contributed by atoms with Gasteiger partial charge in [0.05, 0.1) is 12.0 Å². The second-order valence-electron chi connectivity index (χ2n) is 3.62. The van der Waals surface area contributed by atoms with Crippen LogP contribution in [-0.4, -0.2) is 35.9 Å². The second kappa shape index (κ2) is 6.00. The number of amides is 1. The fourth-order valence-electron chi connectivity index (χ4n) is 1.65. The summed E-state index contributed by atoms with van der Waals surface area (Å²) < 4.78 is 4.93. The molecule has 0 saturated heterocycles. The molecular weight excluding hydrogens is 236 g/mol. The van der Waals surface area contributed by atoms with E-state index in [1.807, 2.05) is 13.8 Å². The zero-order valence-electron chi connectivity index (χ0n) is 10.7. The lowest BCUT2D eigenvalue weighted by atomic mass is 10.1. The van der Waals surface area contributed by atoms with Gasteiger partial charge in [0.15, 0.2) is 5.75 Å². The molecule has 0 radical (unpaired) electrons. The third-order valence-electron chi connectivity index (χ3n) is 2.67. The number of benzene rings is 1. The summed E-state index contributed by atoms with van der Waals surface area (Å²) in [5.74, 6) is -0.0637. The first-order chi connectivity index (χ1) is 8.54. The number of carbonyl (C=O) groups is 1. The van der Waals surface area contributed by atoms with Gasteiger partial charge in [-0.05, 0) is 19.9 Å². The standard InChI is InChI=1S/C12H16N2O4/c1-4-13(5-2)12(15)9-6-7-10(14(16)17)11(8-9)18-3/h6-8H,4-5H2,1-3H3. The van der Waals surface area contributed by atoms with Crippen LogP contribution < -0.4 is 4.74 Å². The first-order valence-corrected chi connectivity index (χ1v) is 5.66. The maximum atomic E-state index is 12.1. The molecule has 1 rings (SSSR count). The average Bonchev–Trinajstić information content (AvgIpc) is 2.39. The molecule has 98 valence electrons. The van der Waals surface area contributed by atoms with Crippen LogP contribution >= 0.6 is 0 Å². The van der Waals surface area contributed by atoms with Crippen molar-refractivity contribution < 1.29 is 14.5 Å². The number of methoxy groups -OCH3 is 1. The van der Waals surface area contributed by atoms with E-state index in [1.54, 1.807) is 4.90 Å². The molecule has 0 saturated carbocycles. The van der Waals surface area contributed by atoms with Gasteiger partial charge in [0.25, 0.3) is 5.91 Å². The van der Waals surface area contributed by atoms with Crippen LogP contribution in [0, 0.1) is 10.1 Å². The van der Waals surface area contributed by atoms with Crippen molar-refractivity contribution in [2.75, 3.05) is 20.2 Å². The van der Waals surface area contributed by atoms with E-state index in [-0.39, 0.29) is 17.3 Å². The predicted molar refractivity (Wildman–Crippen MR) is 66.9 cm³/mol. The Morgan fingerprint density at radius 3 is 2.44 bits per heavy atom. The van der Waals surface area contributed by atoms with Gasteiger partial charge in [-0.1, -0.05) is 0 Å². The molecule has 0 N–H and O–H groups in total. The van der Waals surface area contributed by atoms with E-state index in [2.05, 4.69) is 0 Å². The maximum absolute atomic E-state index is 12.1. The second-order valence-corrected chi connectivity index (χ2v) is 3.62. The lowest BCUT2D eigenvalue weighted by molar-refractivity contribution is -0.385. The topological polar surface area (TPSA) is 72.7 Å². The maximum Gasteiger partial charge on any atom is 0.310 e. The average molecular weight is 252 g/mol. The summed E-state index contributed by atoms with van der Waals surface area (Å²) in [5.41, 5.74) is 0.245. The molecular formula is C12H16N2O4. The summed E-state index contributed by atoms with van der Waals surface area (Å²) in [7, 11) is 1.34. The Hall–Kier alpha value is -2.11. The van der Waals surface area contributed by atoms with Crippen LogP contribution in [0.4, 0.5) is 5.69 Å². The molecule has 0 aliphatic heterocycles. The first-order valence-electron chi connectivity index (χ1n) is 5.66. The van der Waals surface area contributed by atoms with Crippen molar-refractivity contribution in [2.45, 2.75) is 13.8 Å². The van der Waals surface area contributed by atoms with Crippen molar-refractivity contribution in [1.29, 1.82) is 0 Å². The van der Waals surface area contributed by atoms with E-state index in [0.717, 1.165) is 0 Å². The van der Waals surface area contributed by atoms with Crippen LogP contribution in [0.5, 0.6) is 5.75 Å². The largest absolute Gasteiger partial charge is 0.490 e. The Labute approximate surface area is 105 Å². The Morgan fingerprint density at radius 2 is 2.00 bits per heavy atom. The highest BCUT2D eigenvalue weighted by Gasteiger charge is 2.19. The van der Waals surface area contributed by atoms with Crippen molar-refractivity contribution in [3.63, 3.8) is 0 Å². The highest BCUT2D eigenvalue weighted by Crippen LogP contribution is 2.27. The van der Waals surface area contributed by atoms with Crippen LogP contribution in [0.15, 0.2) is 18.2 Å². The number of hydrogen-bond donors (Lipinski definition) is 0. The zero-order chi connectivity index (χ0) is 13.7. The van der Waals surface area contributed by atoms with Crippen LogP contribution in [0.25, 0.3) is 0 Å². The summed E-state index contributed by atoms with van der Waals surface area (Å²) in [4.78, 5) is 23.9. The number of hydrogen-bond acceptors (Lipinski definition) is 4. The lowest BCUT2D eigenvalue weighted by Crippen LogP contribution is -2.30. The van der Waals surface area contributed by atoms with E-state index >= 15 is 0 Å². The molecule has 6 nitrogen and oxygen atoms in total. The van der Waals surface area contributed by atoms with E-state index in [4.69, 9.17) is 4.74 Å². The molecule has 0 bridgehead atoms. The molecule has 1 aromatic rings. The van der Waals surface area contributed by atoms with Crippen LogP contribution in [0.3, 0.4) is 0 Å². The number of nitro groups is 1. The summed E-state index contributed by atoms with van der Waals surface area (Å²) in [6.45, 7) is 4.94. The number of nitro benzene ring substituents is 1. The van der Waals surface area contributed by atoms with Crippen molar-refractivity contribution >= 4 is 11.6 Å². The van der Waals surface area contributed by atoms with Gasteiger partial charge in [-0.3, -0.25) is 14.9 Å². The number of carbonyl (C=O) groups excluding carboxylic acids is 1. The van der Waals surface area contributed by atoms with Gasteiger partial charge in [-0.15, -0.1) is 0 Å². The SMILES string of the molecule is CCN(CC)C(=O)c1ccc([N+](=O)[O-])c(OC)c1. The molecule has 1 aromatic carbocycles. The number of rotatable bonds is 5. The van der Waals surface area contributed by atoms with Crippen molar-refractivity contribution in [3.05, 3.63) is 33.9 Å². The van der Waals surface area contributed by atoms with Gasteiger partial charge in [0.1, 0.15) is 0 Å². The lowest BCUT2D eigenvalue weighted by Gasteiger charge is -2.18. The minimum atomic E-state index is -0.537. The summed E-state index contributed by atoms with van der Waals surface area (Å²) in [6, 6.07) is 4.13. The van der Waals surface area contributed by atoms with E-state index in [9.17, 15) is 14.9 Å². The van der Waals surface area contributed by atoms with E-state index in [0.29, 0.717) is 18.7 Å². The van der Waals surface area contributed by atoms with Crippen LogP contribution in [0.2, 0.25) is 0 Å². The molecule has 18 heavy (non-hydrogen) atoms. The van der Waals surface area contributed by atoms with Crippen LogP contribution in [0.1, 0.15) is 24.2 Å². The molecule has 1 amide bonds. The Kier molecular flexibility index (Phi) is 4.65. The van der Waals surface area contributed by atoms with Gasteiger partial charge in [0, 0.05) is 30.8 Å². The molecule has 0 aromatic heterocycles. The Morgan fingerprint density at radius 1 is 1.39 bits per heavy atom. The number of nitrogens with zero attached hydrogens (tertiary/aromatic N) is 2. The Balaban J connectivity index is 3.12. The fourth-order valence-corrected chi connectivity index (χ4v) is 1.65. The molecule has 0 heterocycles.